The first-order valence-corrected chi connectivity index (χ1v) is 7.58. The molecule has 5 N–H and O–H groups in total. The summed E-state index contributed by atoms with van der Waals surface area (Å²) in [5.74, 6) is 0. The van der Waals surface area contributed by atoms with Crippen LogP contribution in [0.5, 0.6) is 0 Å². The Morgan fingerprint density at radius 2 is 1.88 bits per heavy atom. The van der Waals surface area contributed by atoms with Crippen LogP contribution >= 0.6 is 7.60 Å². The minimum absolute atomic E-state index is 0.0678. The summed E-state index contributed by atoms with van der Waals surface area (Å²) in [5, 5.41) is -0.797. The SMILES string of the molecule is CCc1cc(S(=O)(=O)O)c(P(=O)(O)O)cc1N. The van der Waals surface area contributed by atoms with Crippen LogP contribution in [0.3, 0.4) is 0 Å². The van der Waals surface area contributed by atoms with Crippen molar-refractivity contribution < 1.29 is 27.3 Å². The topological polar surface area (TPSA) is 138 Å². The van der Waals surface area contributed by atoms with Crippen LogP contribution in [0.4, 0.5) is 5.69 Å². The number of hydrogen-bond acceptors (Lipinski definition) is 4. The van der Waals surface area contributed by atoms with E-state index in [1.54, 1.807) is 6.92 Å². The molecular weight excluding hydrogens is 269 g/mol. The smallest absolute Gasteiger partial charge is 0.357 e. The predicted molar refractivity (Wildman–Crippen MR) is 61.7 cm³/mol. The zero-order valence-electron chi connectivity index (χ0n) is 8.86. The minimum Gasteiger partial charge on any atom is -0.398 e. The van der Waals surface area contributed by atoms with Crippen LogP contribution < -0.4 is 11.0 Å². The van der Waals surface area contributed by atoms with E-state index in [1.807, 2.05) is 0 Å². The van der Waals surface area contributed by atoms with Crippen molar-refractivity contribution >= 4 is 28.7 Å². The van der Waals surface area contributed by atoms with Gasteiger partial charge in [-0.3, -0.25) is 9.12 Å². The van der Waals surface area contributed by atoms with Crippen molar-refractivity contribution in [3.63, 3.8) is 0 Å². The molecule has 1 aromatic rings. The van der Waals surface area contributed by atoms with Gasteiger partial charge in [-0.2, -0.15) is 8.42 Å². The summed E-state index contributed by atoms with van der Waals surface area (Å²) in [6, 6.07) is 1.85. The lowest BCUT2D eigenvalue weighted by atomic mass is 10.1. The van der Waals surface area contributed by atoms with Gasteiger partial charge in [0.1, 0.15) is 4.90 Å². The first-order chi connectivity index (χ1) is 7.57. The van der Waals surface area contributed by atoms with Gasteiger partial charge in [0.05, 0.1) is 5.30 Å². The maximum atomic E-state index is 11.1. The highest BCUT2D eigenvalue weighted by molar-refractivity contribution is 7.86. The van der Waals surface area contributed by atoms with Crippen LogP contribution in [0.25, 0.3) is 0 Å². The van der Waals surface area contributed by atoms with Gasteiger partial charge in [-0.25, -0.2) is 0 Å². The average Bonchev–Trinajstić information content (AvgIpc) is 2.14. The Labute approximate surface area is 98.2 Å². The fourth-order valence-electron chi connectivity index (χ4n) is 1.37. The molecule has 96 valence electrons. The van der Waals surface area contributed by atoms with E-state index < -0.39 is 27.9 Å². The Morgan fingerprint density at radius 3 is 2.24 bits per heavy atom. The van der Waals surface area contributed by atoms with Gasteiger partial charge in [-0.05, 0) is 24.1 Å². The lowest BCUT2D eigenvalue weighted by molar-refractivity contribution is 0.386. The third kappa shape index (κ3) is 3.05. The van der Waals surface area contributed by atoms with E-state index in [4.69, 9.17) is 20.1 Å². The summed E-state index contributed by atoms with van der Waals surface area (Å²) >= 11 is 0. The Kier molecular flexibility index (Phi) is 3.66. The van der Waals surface area contributed by atoms with Gasteiger partial charge in [0.2, 0.25) is 0 Å². The van der Waals surface area contributed by atoms with Crippen molar-refractivity contribution in [3.05, 3.63) is 17.7 Å². The summed E-state index contributed by atoms with van der Waals surface area (Å²) in [6.07, 6.45) is 0.371. The van der Waals surface area contributed by atoms with Crippen molar-refractivity contribution in [2.75, 3.05) is 5.73 Å². The van der Waals surface area contributed by atoms with Crippen LogP contribution in [-0.2, 0) is 21.1 Å². The molecule has 0 radical (unpaired) electrons. The van der Waals surface area contributed by atoms with E-state index in [-0.39, 0.29) is 5.69 Å². The van der Waals surface area contributed by atoms with E-state index in [0.29, 0.717) is 12.0 Å². The van der Waals surface area contributed by atoms with E-state index in [9.17, 15) is 13.0 Å². The lowest BCUT2D eigenvalue weighted by Gasteiger charge is -2.12. The molecule has 0 aliphatic heterocycles. The van der Waals surface area contributed by atoms with Gasteiger partial charge in [-0.1, -0.05) is 6.92 Å². The Hall–Kier alpha value is -0.920. The maximum absolute atomic E-state index is 11.1. The minimum atomic E-state index is -4.83. The highest BCUT2D eigenvalue weighted by Crippen LogP contribution is 2.37. The second-order valence-corrected chi connectivity index (χ2v) is 6.35. The number of anilines is 1. The molecule has 0 aliphatic carbocycles. The average molecular weight is 281 g/mol. The molecule has 0 saturated carbocycles. The van der Waals surface area contributed by atoms with Crippen LogP contribution in [-0.4, -0.2) is 22.8 Å². The third-order valence-electron chi connectivity index (χ3n) is 2.19. The summed E-state index contributed by atoms with van der Waals surface area (Å²) < 4.78 is 42.2. The van der Waals surface area contributed by atoms with Crippen LogP contribution in [0.15, 0.2) is 17.0 Å². The van der Waals surface area contributed by atoms with Crippen molar-refractivity contribution in [2.45, 2.75) is 18.2 Å². The quantitative estimate of drug-likeness (QED) is 0.344. The lowest BCUT2D eigenvalue weighted by Crippen LogP contribution is -2.17. The standard InChI is InChI=1S/C8H12NO6PS/c1-2-5-3-8(17(13,14)15)7(4-6(5)9)16(10,11)12/h3-4H,2,9H2,1H3,(H2,10,11,12)(H,13,14,15). The van der Waals surface area contributed by atoms with Crippen LogP contribution in [0.1, 0.15) is 12.5 Å². The molecule has 17 heavy (non-hydrogen) atoms. The maximum Gasteiger partial charge on any atom is 0.357 e. The van der Waals surface area contributed by atoms with Gasteiger partial charge in [0.15, 0.2) is 0 Å². The molecule has 0 fully saturated rings. The number of benzene rings is 1. The zero-order chi connectivity index (χ0) is 13.4. The fourth-order valence-corrected chi connectivity index (χ4v) is 3.34. The molecule has 9 heteroatoms. The van der Waals surface area contributed by atoms with Gasteiger partial charge in [0.25, 0.3) is 10.1 Å². The second-order valence-electron chi connectivity index (χ2n) is 3.39. The van der Waals surface area contributed by atoms with Gasteiger partial charge in [-0.15, -0.1) is 0 Å². The summed E-state index contributed by atoms with van der Waals surface area (Å²) in [5.41, 5.74) is 5.97. The first kappa shape index (κ1) is 14.1. The first-order valence-electron chi connectivity index (χ1n) is 4.53. The molecule has 0 aromatic heterocycles. The summed E-state index contributed by atoms with van der Waals surface area (Å²) in [6.45, 7) is 1.69. The molecule has 0 heterocycles. The third-order valence-corrected chi connectivity index (χ3v) is 4.24. The largest absolute Gasteiger partial charge is 0.398 e. The van der Waals surface area contributed by atoms with E-state index in [0.717, 1.165) is 12.1 Å². The fraction of sp³-hybridized carbons (Fsp3) is 0.250. The van der Waals surface area contributed by atoms with Gasteiger partial charge >= 0.3 is 7.60 Å². The molecule has 0 aliphatic rings. The summed E-state index contributed by atoms with van der Waals surface area (Å²) in [7, 11) is -9.54. The van der Waals surface area contributed by atoms with Crippen molar-refractivity contribution in [3.8, 4) is 0 Å². The van der Waals surface area contributed by atoms with Crippen LogP contribution in [0.2, 0.25) is 0 Å². The summed E-state index contributed by atoms with van der Waals surface area (Å²) in [4.78, 5) is 17.2. The van der Waals surface area contributed by atoms with E-state index in [2.05, 4.69) is 0 Å². The number of hydrogen-bond donors (Lipinski definition) is 4. The Bertz CT molecular complexity index is 590. The molecule has 0 amide bonds. The normalized spacial score (nSPS) is 12.7. The van der Waals surface area contributed by atoms with Crippen molar-refractivity contribution in [1.29, 1.82) is 0 Å². The molecule has 0 atom stereocenters. The molecule has 0 spiro atoms. The number of nitrogens with two attached hydrogens (primary N) is 1. The highest BCUT2D eigenvalue weighted by atomic mass is 32.2. The molecule has 0 unspecified atom stereocenters. The number of rotatable bonds is 3. The highest BCUT2D eigenvalue weighted by Gasteiger charge is 2.28. The molecule has 1 aromatic carbocycles. The van der Waals surface area contributed by atoms with Gasteiger partial charge in [0, 0.05) is 5.69 Å². The van der Waals surface area contributed by atoms with Crippen LogP contribution in [0, 0.1) is 0 Å². The van der Waals surface area contributed by atoms with Crippen molar-refractivity contribution in [1.82, 2.24) is 0 Å². The molecule has 7 nitrogen and oxygen atoms in total. The Morgan fingerprint density at radius 1 is 1.35 bits per heavy atom. The molecule has 0 bridgehead atoms. The second kappa shape index (κ2) is 4.40. The molecular formula is C8H12NO6PS. The number of aryl methyl sites for hydroxylation is 1. The molecule has 1 rings (SSSR count). The zero-order valence-corrected chi connectivity index (χ0v) is 10.6. The molecule has 0 saturated heterocycles. The number of nitrogen functional groups attached to an aromatic ring is 1. The van der Waals surface area contributed by atoms with E-state index >= 15 is 0 Å². The monoisotopic (exact) mass is 281 g/mol. The Balaban J connectivity index is 3.72. The predicted octanol–water partition coefficient (Wildman–Crippen LogP) is -0.119. The van der Waals surface area contributed by atoms with Gasteiger partial charge < -0.3 is 15.5 Å². The van der Waals surface area contributed by atoms with E-state index in [1.165, 1.54) is 0 Å². The van der Waals surface area contributed by atoms with Crippen molar-refractivity contribution in [2.24, 2.45) is 0 Å².